The van der Waals surface area contributed by atoms with Gasteiger partial charge in [-0.3, -0.25) is 0 Å². The molecular formula is C25H26N6OS. The van der Waals surface area contributed by atoms with E-state index >= 15 is 0 Å². The first kappa shape index (κ1) is 21.3. The van der Waals surface area contributed by atoms with Crippen molar-refractivity contribution in [2.75, 3.05) is 36.4 Å². The number of amides is 2. The van der Waals surface area contributed by atoms with Gasteiger partial charge in [0.15, 0.2) is 5.82 Å². The van der Waals surface area contributed by atoms with Crippen LogP contribution >= 0.6 is 11.5 Å². The summed E-state index contributed by atoms with van der Waals surface area (Å²) in [6, 6.07) is 18.1. The van der Waals surface area contributed by atoms with E-state index in [2.05, 4.69) is 50.5 Å². The number of nitrogens with one attached hydrogen (secondary N) is 1. The fourth-order valence-corrected chi connectivity index (χ4v) is 4.91. The third-order valence-electron chi connectivity index (χ3n) is 5.98. The van der Waals surface area contributed by atoms with Crippen molar-refractivity contribution in [2.24, 2.45) is 0 Å². The Bertz CT molecular complexity index is 1250. The minimum absolute atomic E-state index is 0.0658. The third kappa shape index (κ3) is 4.39. The van der Waals surface area contributed by atoms with Crippen LogP contribution in [0.3, 0.4) is 0 Å². The summed E-state index contributed by atoms with van der Waals surface area (Å²) in [5.41, 5.74) is 4.90. The van der Waals surface area contributed by atoms with Crippen LogP contribution in [-0.4, -0.2) is 51.5 Å². The summed E-state index contributed by atoms with van der Waals surface area (Å²) in [5, 5.41) is 3.02. The number of urea groups is 1. The molecule has 1 fully saturated rings. The molecule has 1 aliphatic heterocycles. The number of hydrogen-bond acceptors (Lipinski definition) is 6. The first-order valence-electron chi connectivity index (χ1n) is 11.2. The van der Waals surface area contributed by atoms with Gasteiger partial charge in [-0.25, -0.2) is 14.8 Å². The lowest BCUT2D eigenvalue weighted by atomic mass is 10.0. The molecule has 0 bridgehead atoms. The van der Waals surface area contributed by atoms with Crippen LogP contribution < -0.4 is 10.2 Å². The predicted molar refractivity (Wildman–Crippen MR) is 134 cm³/mol. The van der Waals surface area contributed by atoms with Crippen molar-refractivity contribution in [3.63, 3.8) is 0 Å². The average molecular weight is 459 g/mol. The quantitative estimate of drug-likeness (QED) is 0.453. The fraction of sp³-hybridized carbons (Fsp3) is 0.280. The summed E-state index contributed by atoms with van der Waals surface area (Å²) in [6.45, 7) is 7.01. The molecule has 5 rings (SSSR count). The Labute approximate surface area is 197 Å². The summed E-state index contributed by atoms with van der Waals surface area (Å²) in [7, 11) is 0. The fourth-order valence-electron chi connectivity index (χ4n) is 4.04. The van der Waals surface area contributed by atoms with Gasteiger partial charge in [-0.05, 0) is 35.1 Å². The van der Waals surface area contributed by atoms with E-state index in [0.717, 1.165) is 33.0 Å². The molecule has 3 heterocycles. The van der Waals surface area contributed by atoms with Crippen molar-refractivity contribution in [1.29, 1.82) is 0 Å². The van der Waals surface area contributed by atoms with Gasteiger partial charge in [0, 0.05) is 37.4 Å². The van der Waals surface area contributed by atoms with Crippen LogP contribution in [-0.2, 0) is 0 Å². The van der Waals surface area contributed by atoms with Crippen molar-refractivity contribution in [3.8, 4) is 11.3 Å². The van der Waals surface area contributed by atoms with Gasteiger partial charge >= 0.3 is 6.03 Å². The van der Waals surface area contributed by atoms with Gasteiger partial charge in [0.25, 0.3) is 0 Å². The van der Waals surface area contributed by atoms with E-state index in [1.165, 1.54) is 17.1 Å². The van der Waals surface area contributed by atoms with Gasteiger partial charge in [0.05, 0.1) is 0 Å². The number of nitrogens with zero attached hydrogens (tertiary/aromatic N) is 5. The molecule has 0 radical (unpaired) electrons. The number of rotatable bonds is 4. The first-order valence-corrected chi connectivity index (χ1v) is 11.9. The number of anilines is 2. The number of fused-ring (bicyclic) bond motifs is 1. The van der Waals surface area contributed by atoms with Gasteiger partial charge < -0.3 is 15.1 Å². The third-order valence-corrected chi connectivity index (χ3v) is 6.81. The molecule has 33 heavy (non-hydrogen) atoms. The van der Waals surface area contributed by atoms with E-state index in [9.17, 15) is 4.79 Å². The lowest BCUT2D eigenvalue weighted by molar-refractivity contribution is 0.208. The number of aromatic nitrogens is 3. The van der Waals surface area contributed by atoms with Crippen LogP contribution in [0.25, 0.3) is 21.5 Å². The Hall–Kier alpha value is -3.52. The van der Waals surface area contributed by atoms with E-state index in [0.29, 0.717) is 32.1 Å². The number of piperazine rings is 1. The molecule has 0 atom stereocenters. The summed E-state index contributed by atoms with van der Waals surface area (Å²) in [5.74, 6) is 1.36. The Balaban J connectivity index is 1.26. The Morgan fingerprint density at radius 3 is 2.39 bits per heavy atom. The molecule has 0 spiro atoms. The number of carbonyl (C=O) groups is 1. The molecule has 7 nitrogen and oxygen atoms in total. The van der Waals surface area contributed by atoms with Crippen LogP contribution in [0.1, 0.15) is 25.3 Å². The van der Waals surface area contributed by atoms with Gasteiger partial charge in [-0.1, -0.05) is 56.3 Å². The van der Waals surface area contributed by atoms with E-state index in [-0.39, 0.29) is 6.03 Å². The average Bonchev–Trinajstić information content (AvgIpc) is 3.29. The van der Waals surface area contributed by atoms with E-state index in [1.807, 2.05) is 47.4 Å². The zero-order chi connectivity index (χ0) is 22.8. The van der Waals surface area contributed by atoms with Crippen LogP contribution in [0.5, 0.6) is 0 Å². The Morgan fingerprint density at radius 2 is 1.70 bits per heavy atom. The van der Waals surface area contributed by atoms with Crippen LogP contribution in [0.2, 0.25) is 0 Å². The molecule has 2 aromatic heterocycles. The monoisotopic (exact) mass is 458 g/mol. The molecule has 4 aromatic rings. The van der Waals surface area contributed by atoms with Crippen LogP contribution in [0.4, 0.5) is 16.3 Å². The highest BCUT2D eigenvalue weighted by Crippen LogP contribution is 2.34. The van der Waals surface area contributed by atoms with Gasteiger partial charge in [0.2, 0.25) is 0 Å². The molecule has 0 saturated carbocycles. The van der Waals surface area contributed by atoms with Crippen molar-refractivity contribution in [3.05, 3.63) is 66.5 Å². The zero-order valence-corrected chi connectivity index (χ0v) is 19.5. The topological polar surface area (TPSA) is 74.2 Å². The summed E-state index contributed by atoms with van der Waals surface area (Å²) >= 11 is 1.43. The molecule has 1 aliphatic rings. The highest BCUT2D eigenvalue weighted by molar-refractivity contribution is 7.14. The van der Waals surface area contributed by atoms with E-state index in [1.54, 1.807) is 6.33 Å². The number of carbonyl (C=O) groups excluding carboxylic acids is 1. The smallest absolute Gasteiger partial charge is 0.321 e. The number of benzene rings is 2. The minimum Gasteiger partial charge on any atom is -0.352 e. The van der Waals surface area contributed by atoms with Crippen LogP contribution in [0, 0.1) is 0 Å². The lowest BCUT2D eigenvalue weighted by Gasteiger charge is -2.35. The molecule has 8 heteroatoms. The minimum atomic E-state index is -0.0658. The second-order valence-electron chi connectivity index (χ2n) is 8.45. The number of hydrogen-bond donors (Lipinski definition) is 1. The molecule has 0 unspecified atom stereocenters. The standard InChI is InChI=1S/C25H26N6OS/c1-17(2)18-8-10-20(11-9-18)28-25(32)31-14-12-30(13-15-31)24-23-22(26-16-27-24)21(29-33-23)19-6-4-3-5-7-19/h3-11,16-17H,12-15H2,1-2H3,(H,28,32). The Kier molecular flexibility index (Phi) is 5.92. The Morgan fingerprint density at radius 1 is 0.970 bits per heavy atom. The normalized spacial score (nSPS) is 14.2. The van der Waals surface area contributed by atoms with E-state index < -0.39 is 0 Å². The van der Waals surface area contributed by atoms with Crippen LogP contribution in [0.15, 0.2) is 60.9 Å². The molecular weight excluding hydrogens is 432 g/mol. The van der Waals surface area contributed by atoms with Gasteiger partial charge in [0.1, 0.15) is 22.2 Å². The second kappa shape index (κ2) is 9.15. The lowest BCUT2D eigenvalue weighted by Crippen LogP contribution is -2.50. The maximum Gasteiger partial charge on any atom is 0.321 e. The van der Waals surface area contributed by atoms with Gasteiger partial charge in [-0.15, -0.1) is 0 Å². The largest absolute Gasteiger partial charge is 0.352 e. The highest BCUT2D eigenvalue weighted by Gasteiger charge is 2.25. The second-order valence-corrected chi connectivity index (χ2v) is 9.23. The summed E-state index contributed by atoms with van der Waals surface area (Å²) in [6.07, 6.45) is 1.61. The maximum atomic E-state index is 12.8. The van der Waals surface area contributed by atoms with E-state index in [4.69, 9.17) is 0 Å². The SMILES string of the molecule is CC(C)c1ccc(NC(=O)N2CCN(c3ncnc4c(-c5ccccc5)nsc34)CC2)cc1. The molecule has 2 aromatic carbocycles. The first-order chi connectivity index (χ1) is 16.1. The van der Waals surface area contributed by atoms with Crippen molar-refractivity contribution < 1.29 is 4.79 Å². The maximum absolute atomic E-state index is 12.8. The predicted octanol–water partition coefficient (Wildman–Crippen LogP) is 5.23. The van der Waals surface area contributed by atoms with Gasteiger partial charge in [-0.2, -0.15) is 4.37 Å². The zero-order valence-electron chi connectivity index (χ0n) is 18.7. The molecule has 168 valence electrons. The molecule has 2 amide bonds. The van der Waals surface area contributed by atoms with Crippen molar-refractivity contribution >= 4 is 39.3 Å². The summed E-state index contributed by atoms with van der Waals surface area (Å²) < 4.78 is 5.65. The summed E-state index contributed by atoms with van der Waals surface area (Å²) in [4.78, 5) is 25.9. The van der Waals surface area contributed by atoms with Crippen molar-refractivity contribution in [2.45, 2.75) is 19.8 Å². The molecule has 1 saturated heterocycles. The highest BCUT2D eigenvalue weighted by atomic mass is 32.1. The van der Waals surface area contributed by atoms with Crippen molar-refractivity contribution in [1.82, 2.24) is 19.2 Å². The molecule has 0 aliphatic carbocycles. The molecule has 1 N–H and O–H groups in total.